The number of hydrogen-bond donors (Lipinski definition) is 11. The lowest BCUT2D eigenvalue weighted by Gasteiger charge is -2.42. The van der Waals surface area contributed by atoms with Crippen LogP contribution in [0.5, 0.6) is 23.0 Å². The number of H-pyrrole nitrogens is 4. The van der Waals surface area contributed by atoms with Gasteiger partial charge in [0, 0.05) is 129 Å². The van der Waals surface area contributed by atoms with Crippen LogP contribution in [0.4, 0.5) is 0 Å². The Kier molecular flexibility index (Phi) is 35.4. The zero-order valence-corrected chi connectivity index (χ0v) is 84.5. The number of imidazole rings is 4. The van der Waals surface area contributed by atoms with Gasteiger partial charge in [0.05, 0.1) is 104 Å². The lowest BCUT2D eigenvalue weighted by Crippen LogP contribution is -2.60. The van der Waals surface area contributed by atoms with Crippen LogP contribution in [0.25, 0.3) is 67.6 Å². The topological polar surface area (TPSA) is 559 Å². The molecule has 12 heterocycles. The Hall–Kier alpha value is -11.2. The predicted octanol–water partition coefficient (Wildman–Crippen LogP) is 4.31. The van der Waals surface area contributed by atoms with E-state index in [1.807, 2.05) is 67.3 Å². The van der Waals surface area contributed by atoms with Crippen LogP contribution in [0.15, 0.2) is 112 Å². The van der Waals surface area contributed by atoms with E-state index >= 15 is 0 Å². The molecule has 0 saturated carbocycles. The van der Waals surface area contributed by atoms with Crippen molar-refractivity contribution < 1.29 is 73.0 Å². The highest BCUT2D eigenvalue weighted by Gasteiger charge is 2.42. The highest BCUT2D eigenvalue weighted by Crippen LogP contribution is 2.39. The number of fused-ring (bicyclic) bond motifs is 4. The van der Waals surface area contributed by atoms with Crippen molar-refractivity contribution in [2.75, 3.05) is 138 Å². The van der Waals surface area contributed by atoms with Crippen molar-refractivity contribution in [2.24, 2.45) is 0 Å². The van der Waals surface area contributed by atoms with E-state index in [-0.39, 0.29) is 116 Å². The van der Waals surface area contributed by atoms with Crippen molar-refractivity contribution >= 4 is 62.2 Å². The number of sulfonamides is 4. The fourth-order valence-electron chi connectivity index (χ4n) is 16.8. The van der Waals surface area contributed by atoms with Gasteiger partial charge in [0.1, 0.15) is 46.3 Å². The average molecular weight is 2020 g/mol. The molecule has 4 aliphatic rings. The van der Waals surface area contributed by atoms with Gasteiger partial charge in [0.2, 0.25) is 40.1 Å². The highest BCUT2D eigenvalue weighted by atomic mass is 32.2. The van der Waals surface area contributed by atoms with Gasteiger partial charge in [-0.1, -0.05) is 27.7 Å². The van der Waals surface area contributed by atoms with E-state index in [1.54, 1.807) is 65.5 Å². The summed E-state index contributed by atoms with van der Waals surface area (Å²) < 4.78 is 141. The minimum Gasteiger partial charge on any atom is -0.493 e. The lowest BCUT2D eigenvalue weighted by atomic mass is 10.1. The minimum absolute atomic E-state index is 0.00252. The third-order valence-electron chi connectivity index (χ3n) is 24.2. The third kappa shape index (κ3) is 23.1. The lowest BCUT2D eigenvalue weighted by molar-refractivity contribution is 0.0933. The van der Waals surface area contributed by atoms with E-state index in [0.717, 1.165) is 45.1 Å². The molecule has 4 fully saturated rings. The van der Waals surface area contributed by atoms with Gasteiger partial charge in [-0.3, -0.25) is 24.1 Å². The number of hydrogen-bond acceptors (Lipinski definition) is 32. The summed E-state index contributed by atoms with van der Waals surface area (Å²) >= 11 is 0. The first-order valence-corrected chi connectivity index (χ1v) is 53.2. The Bertz CT molecular complexity index is 7140. The molecular weight excluding hydrogens is 1890 g/mol. The number of unbranched alkanes of at least 4 members (excludes halogenated alkanes) is 1. The van der Waals surface area contributed by atoms with Crippen LogP contribution in [-0.4, -0.2) is 317 Å². The largest absolute Gasteiger partial charge is 0.493 e. The second-order valence-electron chi connectivity index (χ2n) is 34.4. The van der Waals surface area contributed by atoms with Gasteiger partial charge in [-0.15, -0.1) is 20.4 Å². The molecule has 4 saturated heterocycles. The summed E-state index contributed by atoms with van der Waals surface area (Å²) in [5.74, 6) is 5.25. The number of rotatable bonds is 43. The van der Waals surface area contributed by atoms with E-state index in [0.29, 0.717) is 244 Å². The molecule has 8 aromatic heterocycles. The molecule has 140 heavy (non-hydrogen) atoms. The van der Waals surface area contributed by atoms with E-state index < -0.39 is 40.1 Å². The number of aliphatic hydroxyl groups is 4. The number of nitrogens with one attached hydrogen (secondary N) is 7. The van der Waals surface area contributed by atoms with Crippen molar-refractivity contribution in [2.45, 2.75) is 197 Å². The molecule has 0 unspecified atom stereocenters. The Balaban J connectivity index is 0.000000157. The molecule has 12 aromatic rings. The van der Waals surface area contributed by atoms with Crippen molar-refractivity contribution in [3.63, 3.8) is 0 Å². The first-order chi connectivity index (χ1) is 67.1. The molecule has 0 radical (unpaired) electrons. The number of aromatic nitrogens is 16. The van der Waals surface area contributed by atoms with Gasteiger partial charge in [-0.05, 0) is 193 Å². The summed E-state index contributed by atoms with van der Waals surface area (Å²) in [5, 5.41) is 64.0. The van der Waals surface area contributed by atoms with Gasteiger partial charge in [-0.2, -0.15) is 17.2 Å². The van der Waals surface area contributed by atoms with Crippen LogP contribution in [0.1, 0.15) is 146 Å². The monoisotopic (exact) mass is 2020 g/mol. The fourth-order valence-corrected chi connectivity index (χ4v) is 23.0. The summed E-state index contributed by atoms with van der Waals surface area (Å²) in [6, 6.07) is 18.6. The summed E-state index contributed by atoms with van der Waals surface area (Å²) in [5.41, 5.74) is 4.01. The maximum atomic E-state index is 13.3. The zero-order valence-electron chi connectivity index (χ0n) is 81.2. The van der Waals surface area contributed by atoms with Gasteiger partial charge in [0.15, 0.2) is 45.4 Å². The number of aromatic amines is 4. The maximum Gasteiger partial charge on any atom is 0.277 e. The number of aryl methyl sites for hydroxylation is 8. The smallest absolute Gasteiger partial charge is 0.277 e. The number of likely N-dealkylation sites (N-methyl/N-ethyl adjacent to an activating group) is 1. The summed E-state index contributed by atoms with van der Waals surface area (Å²) in [7, 11) is -13.1. The molecule has 760 valence electrons. The maximum absolute atomic E-state index is 13.3. The molecule has 11 N–H and O–H groups in total. The van der Waals surface area contributed by atoms with E-state index in [9.17, 15) is 52.8 Å². The number of benzene rings is 4. The number of ether oxygens (including phenoxy) is 4. The highest BCUT2D eigenvalue weighted by molar-refractivity contribution is 7.90. The Labute approximate surface area is 811 Å². The van der Waals surface area contributed by atoms with E-state index in [1.165, 1.54) is 70.3 Å². The molecule has 0 spiro atoms. The molecular formula is C92H128N24O20S4. The van der Waals surface area contributed by atoms with Gasteiger partial charge >= 0.3 is 0 Å². The van der Waals surface area contributed by atoms with Crippen molar-refractivity contribution in [3.05, 3.63) is 160 Å². The van der Waals surface area contributed by atoms with Crippen LogP contribution in [0.2, 0.25) is 0 Å². The van der Waals surface area contributed by atoms with Crippen LogP contribution in [-0.2, 0) is 65.8 Å². The standard InChI is InChI=1S/C24H34N6O5S.2C23H32N6O5S.C22H30N6O5S/c1-4-8-21-26-16(3)22-24(32)27-23(28-30(21)22)19-13-18(9-10-20(19)35-5-2)36(33,34)29-14-17(15-29)25-11-6-7-12-31;1-5-7-20-24-15(3)21-23(31)25-22(26-29(20)21)18-12-17(8-9-19(18)34-6-2)35(32,33)28-13-16(14-28)27(4)10-11-30;1-4-7-20-25-15(3)21-23(31)26-22(27-29(20)21)18-12-17(8-9-19(18)34-5-2)35(32,33)28-13-16(14-28)24-10-6-11-30;1-4-6-19-24-14(3)20-22(30)25-21(26-28(19)20)17-11-16(7-8-18(17)33-5-2)34(31,32)27-12-15(13-27)23-9-10-29/h9-10,13,17,25,31H,4-8,11-12,14-15H2,1-3H3,(H,27,28,32);8-9,12,16,30H,5-7,10-11,13-14H2,1-4H3,(H,25,26,31);8-9,12,16,24,30H,4-7,10-11,13-14H2,1-3H3,(H,26,27,31);7-8,11,15,23,29H,4-6,9-10,12-13H2,1-3H3,(H,25,26,30). The van der Waals surface area contributed by atoms with Crippen molar-refractivity contribution in [1.82, 2.24) is 116 Å². The molecule has 16 rings (SSSR count). The quantitative estimate of drug-likeness (QED) is 0.0237. The van der Waals surface area contributed by atoms with Crippen LogP contribution >= 0.6 is 0 Å². The third-order valence-corrected chi connectivity index (χ3v) is 31.5. The van der Waals surface area contributed by atoms with E-state index in [2.05, 4.69) is 76.2 Å². The Morgan fingerprint density at radius 2 is 0.614 bits per heavy atom. The molecule has 4 aromatic carbocycles. The molecule has 4 aliphatic heterocycles. The SMILES string of the molecule is CCCc1nc(C)c2c(=O)[nH]c(-c3cc(S(=O)(=O)N4CC(N(C)CCO)C4)ccc3OCC)nn12.CCCc1nc(C)c2c(=O)[nH]c(-c3cc(S(=O)(=O)N4CC(NCCCCO)C4)ccc3OCC)nn12.CCCc1nc(C)c2c(=O)[nH]c(-c3cc(S(=O)(=O)N4CC(NCCCO)C4)ccc3OCC)nn12.CCCc1nc(C)c2c(=O)[nH]c(-c3cc(S(=O)(=O)N4CC(NCCO)C4)ccc3OCC)nn12. The number of nitrogens with zero attached hydrogens (tertiary/aromatic N) is 17. The first kappa shape index (κ1) is 106. The molecule has 48 heteroatoms. The molecule has 0 amide bonds. The fraction of sp³-hybridized carbons (Fsp3) is 0.522. The summed E-state index contributed by atoms with van der Waals surface area (Å²) in [6.45, 7) is 29.3. The molecule has 0 bridgehead atoms. The second-order valence-corrected chi connectivity index (χ2v) is 42.2. The number of aliphatic hydroxyl groups excluding tert-OH is 4. The van der Waals surface area contributed by atoms with Gasteiger partial charge in [0.25, 0.3) is 22.2 Å². The molecule has 44 nitrogen and oxygen atoms in total. The predicted molar refractivity (Wildman–Crippen MR) is 525 cm³/mol. The van der Waals surface area contributed by atoms with Crippen LogP contribution in [0.3, 0.4) is 0 Å². The van der Waals surface area contributed by atoms with Crippen molar-refractivity contribution in [1.29, 1.82) is 0 Å². The average Bonchev–Trinajstić information content (AvgIpc) is 0.903. The summed E-state index contributed by atoms with van der Waals surface area (Å²) in [6.07, 6.45) is 8.15. The van der Waals surface area contributed by atoms with E-state index in [4.69, 9.17) is 39.4 Å². The molecule has 0 atom stereocenters. The van der Waals surface area contributed by atoms with Crippen molar-refractivity contribution in [3.8, 4) is 68.5 Å². The Morgan fingerprint density at radius 3 is 0.857 bits per heavy atom. The summed E-state index contributed by atoms with van der Waals surface area (Å²) in [4.78, 5) is 83.2. The minimum atomic E-state index is -3.76. The van der Waals surface area contributed by atoms with Gasteiger partial charge < -0.3 is 75.3 Å². The molecule has 0 aliphatic carbocycles. The second kappa shape index (κ2) is 46.7. The first-order valence-electron chi connectivity index (χ1n) is 47.5. The Morgan fingerprint density at radius 1 is 0.357 bits per heavy atom. The zero-order chi connectivity index (χ0) is 101. The van der Waals surface area contributed by atoms with Crippen LogP contribution in [0, 0.1) is 27.7 Å². The normalized spacial score (nSPS) is 15.0. The van der Waals surface area contributed by atoms with Crippen LogP contribution < -0.4 is 57.1 Å². The van der Waals surface area contributed by atoms with Gasteiger partial charge in [-0.25, -0.2) is 71.7 Å².